The zero-order valence-electron chi connectivity index (χ0n) is 16.3. The molecule has 0 radical (unpaired) electrons. The fourth-order valence-electron chi connectivity index (χ4n) is 2.63. The van der Waals surface area contributed by atoms with Gasteiger partial charge in [0.15, 0.2) is 0 Å². The molecule has 7 nitrogen and oxygen atoms in total. The van der Waals surface area contributed by atoms with Crippen LogP contribution in [0.2, 0.25) is 5.02 Å². The molecule has 0 spiro atoms. The number of sulfonamides is 1. The molecule has 154 valence electrons. The normalized spacial score (nSPS) is 11.4. The Bertz CT molecular complexity index is 1190. The van der Waals surface area contributed by atoms with Gasteiger partial charge in [-0.2, -0.15) is 0 Å². The maximum atomic E-state index is 12.5. The Balaban J connectivity index is 1.68. The van der Waals surface area contributed by atoms with E-state index in [9.17, 15) is 13.2 Å². The smallest absolute Gasteiger partial charge is 0.264 e. The number of benzene rings is 2. The van der Waals surface area contributed by atoms with Gasteiger partial charge in [-0.1, -0.05) is 29.8 Å². The third-order valence-corrected chi connectivity index (χ3v) is 5.65. The van der Waals surface area contributed by atoms with Gasteiger partial charge < -0.3 is 5.32 Å². The van der Waals surface area contributed by atoms with Crippen LogP contribution in [0.3, 0.4) is 0 Å². The van der Waals surface area contributed by atoms with Gasteiger partial charge in [0.1, 0.15) is 0 Å². The summed E-state index contributed by atoms with van der Waals surface area (Å²) >= 11 is 6.05. The molecule has 2 N–H and O–H groups in total. The number of carbonyl (C=O) groups is 1. The van der Waals surface area contributed by atoms with Crippen molar-refractivity contribution < 1.29 is 13.2 Å². The summed E-state index contributed by atoms with van der Waals surface area (Å²) in [7, 11) is -3.86. The Morgan fingerprint density at radius 3 is 2.27 bits per heavy atom. The molecule has 1 heterocycles. The average Bonchev–Trinajstić information content (AvgIpc) is 2.66. The van der Waals surface area contributed by atoms with Crippen molar-refractivity contribution >= 4 is 45.2 Å². The fraction of sp³-hybridized carbons (Fsp3) is 0.0952. The highest BCUT2D eigenvalue weighted by Gasteiger charge is 2.16. The first-order chi connectivity index (χ1) is 14.2. The molecule has 9 heteroatoms. The van der Waals surface area contributed by atoms with Crippen LogP contribution in [0.1, 0.15) is 17.0 Å². The monoisotopic (exact) mass is 442 g/mol. The van der Waals surface area contributed by atoms with E-state index in [1.54, 1.807) is 44.2 Å². The third kappa shape index (κ3) is 5.65. The lowest BCUT2D eigenvalue weighted by atomic mass is 10.2. The molecular weight excluding hydrogens is 424 g/mol. The number of nitrogens with one attached hydrogen (secondary N) is 2. The highest BCUT2D eigenvalue weighted by atomic mass is 35.5. The number of aromatic nitrogens is 2. The van der Waals surface area contributed by atoms with Crippen molar-refractivity contribution in [3.8, 4) is 0 Å². The summed E-state index contributed by atoms with van der Waals surface area (Å²) in [5, 5.41) is 3.20. The lowest BCUT2D eigenvalue weighted by molar-refractivity contribution is -0.111. The lowest BCUT2D eigenvalue weighted by Crippen LogP contribution is -2.16. The van der Waals surface area contributed by atoms with Crippen LogP contribution in [0, 0.1) is 13.8 Å². The Kier molecular flexibility index (Phi) is 6.49. The molecule has 0 aliphatic heterocycles. The van der Waals surface area contributed by atoms with E-state index in [-0.39, 0.29) is 16.8 Å². The molecule has 30 heavy (non-hydrogen) atoms. The van der Waals surface area contributed by atoms with Crippen LogP contribution in [0.4, 0.5) is 11.6 Å². The Labute approximate surface area is 179 Å². The first-order valence-corrected chi connectivity index (χ1v) is 10.8. The van der Waals surface area contributed by atoms with E-state index in [1.165, 1.54) is 30.3 Å². The first-order valence-electron chi connectivity index (χ1n) is 8.92. The molecule has 0 bridgehead atoms. The topological polar surface area (TPSA) is 101 Å². The highest BCUT2D eigenvalue weighted by molar-refractivity contribution is 7.92. The number of hydrogen-bond donors (Lipinski definition) is 2. The lowest BCUT2D eigenvalue weighted by Gasteiger charge is -2.09. The predicted octanol–water partition coefficient (Wildman–Crippen LogP) is 4.20. The maximum Gasteiger partial charge on any atom is 0.264 e. The van der Waals surface area contributed by atoms with Gasteiger partial charge in [-0.3, -0.25) is 4.79 Å². The molecule has 0 fully saturated rings. The number of anilines is 2. The van der Waals surface area contributed by atoms with Crippen molar-refractivity contribution in [1.29, 1.82) is 0 Å². The van der Waals surface area contributed by atoms with E-state index in [0.717, 1.165) is 5.56 Å². The Morgan fingerprint density at radius 1 is 1.00 bits per heavy atom. The highest BCUT2D eigenvalue weighted by Crippen LogP contribution is 2.18. The Hall–Kier alpha value is -3.23. The molecule has 0 aliphatic rings. The van der Waals surface area contributed by atoms with E-state index in [1.807, 2.05) is 6.07 Å². The average molecular weight is 443 g/mol. The zero-order valence-corrected chi connectivity index (χ0v) is 17.8. The first kappa shape index (κ1) is 21.5. The Morgan fingerprint density at radius 2 is 1.63 bits per heavy atom. The van der Waals surface area contributed by atoms with Crippen molar-refractivity contribution in [2.45, 2.75) is 18.7 Å². The molecule has 3 aromatic rings. The van der Waals surface area contributed by atoms with Crippen molar-refractivity contribution in [2.24, 2.45) is 0 Å². The van der Waals surface area contributed by atoms with Crippen LogP contribution >= 0.6 is 11.6 Å². The van der Waals surface area contributed by atoms with Crippen LogP contribution in [0.15, 0.2) is 65.6 Å². The van der Waals surface area contributed by atoms with Crippen molar-refractivity contribution in [3.63, 3.8) is 0 Å². The summed E-state index contributed by atoms with van der Waals surface area (Å²) in [6, 6.07) is 14.7. The van der Waals surface area contributed by atoms with Crippen LogP contribution < -0.4 is 10.0 Å². The van der Waals surface area contributed by atoms with Crippen LogP contribution in [0.5, 0.6) is 0 Å². The van der Waals surface area contributed by atoms with E-state index >= 15 is 0 Å². The van der Waals surface area contributed by atoms with Gasteiger partial charge in [0.05, 0.1) is 4.90 Å². The molecule has 3 rings (SSSR count). The summed E-state index contributed by atoms with van der Waals surface area (Å²) in [4.78, 5) is 20.3. The van der Waals surface area contributed by atoms with Crippen molar-refractivity contribution in [2.75, 3.05) is 10.0 Å². The summed E-state index contributed by atoms with van der Waals surface area (Å²) in [5.74, 6) is -0.359. The molecule has 0 unspecified atom stereocenters. The molecular formula is C21H19ClN4O3S. The van der Waals surface area contributed by atoms with E-state index in [2.05, 4.69) is 20.0 Å². The van der Waals surface area contributed by atoms with Gasteiger partial charge in [0.2, 0.25) is 11.9 Å². The van der Waals surface area contributed by atoms with Crippen molar-refractivity contribution in [1.82, 2.24) is 9.97 Å². The molecule has 2 aromatic carbocycles. The summed E-state index contributed by atoms with van der Waals surface area (Å²) < 4.78 is 27.5. The second kappa shape index (κ2) is 9.06. The number of amides is 1. The van der Waals surface area contributed by atoms with Gasteiger partial charge in [-0.25, -0.2) is 23.1 Å². The number of aryl methyl sites for hydroxylation is 2. The number of halogens is 1. The maximum absolute atomic E-state index is 12.5. The molecule has 1 amide bonds. The zero-order chi connectivity index (χ0) is 21.7. The summed E-state index contributed by atoms with van der Waals surface area (Å²) in [6.45, 7) is 3.51. The molecule has 1 aromatic heterocycles. The van der Waals surface area contributed by atoms with Gasteiger partial charge in [-0.15, -0.1) is 0 Å². The standard InChI is InChI=1S/C21H19ClN4O3S/c1-14-13-15(2)24-21(23-14)26-30(28,29)18-10-8-17(9-11-18)25-20(27)12-7-16-5-3-4-6-19(16)22/h3-13H,1-2H3,(H,25,27)(H,23,24,26). The molecule has 0 atom stereocenters. The number of rotatable bonds is 6. The second-order valence-corrected chi connectivity index (χ2v) is 8.54. The van der Waals surface area contributed by atoms with Gasteiger partial charge >= 0.3 is 0 Å². The van der Waals surface area contributed by atoms with E-state index in [4.69, 9.17) is 11.6 Å². The largest absolute Gasteiger partial charge is 0.323 e. The quantitative estimate of drug-likeness (QED) is 0.557. The van der Waals surface area contributed by atoms with Gasteiger partial charge in [0.25, 0.3) is 10.0 Å². The number of nitrogens with zero attached hydrogens (tertiary/aromatic N) is 2. The summed E-state index contributed by atoms with van der Waals surface area (Å²) in [6.07, 6.45) is 2.95. The van der Waals surface area contributed by atoms with Crippen LogP contribution in [0.25, 0.3) is 6.08 Å². The van der Waals surface area contributed by atoms with Gasteiger partial charge in [0, 0.05) is 28.2 Å². The minimum Gasteiger partial charge on any atom is -0.323 e. The molecule has 0 aliphatic carbocycles. The molecule has 0 saturated heterocycles. The van der Waals surface area contributed by atoms with E-state index < -0.39 is 10.0 Å². The third-order valence-electron chi connectivity index (χ3n) is 3.96. The van der Waals surface area contributed by atoms with Crippen molar-refractivity contribution in [3.05, 3.63) is 82.6 Å². The summed E-state index contributed by atoms with van der Waals surface area (Å²) in [5.41, 5.74) is 2.48. The second-order valence-electron chi connectivity index (χ2n) is 6.45. The van der Waals surface area contributed by atoms with Crippen LogP contribution in [-0.4, -0.2) is 24.3 Å². The predicted molar refractivity (Wildman–Crippen MR) is 118 cm³/mol. The van der Waals surface area contributed by atoms with Gasteiger partial charge in [-0.05, 0) is 61.9 Å². The fourth-order valence-corrected chi connectivity index (χ4v) is 3.77. The van der Waals surface area contributed by atoms with E-state index in [0.29, 0.717) is 22.1 Å². The number of carbonyl (C=O) groups excluding carboxylic acids is 1. The number of hydrogen-bond acceptors (Lipinski definition) is 5. The SMILES string of the molecule is Cc1cc(C)nc(NS(=O)(=O)c2ccc(NC(=O)C=Cc3ccccc3Cl)cc2)n1. The minimum absolute atomic E-state index is 0.00888. The molecule has 0 saturated carbocycles. The minimum atomic E-state index is -3.86. The van der Waals surface area contributed by atoms with Crippen LogP contribution in [-0.2, 0) is 14.8 Å².